The van der Waals surface area contributed by atoms with Gasteiger partial charge in [0.05, 0.1) is 56.2 Å². The molecular formula is C28H44N6O4. The lowest BCUT2D eigenvalue weighted by molar-refractivity contribution is -0.141. The van der Waals surface area contributed by atoms with Crippen LogP contribution in [0.15, 0.2) is 6.20 Å². The summed E-state index contributed by atoms with van der Waals surface area (Å²) in [5.74, 6) is 6.47. The highest BCUT2D eigenvalue weighted by molar-refractivity contribution is 5.79. The summed E-state index contributed by atoms with van der Waals surface area (Å²) in [5, 5.41) is 8.55. The van der Waals surface area contributed by atoms with Gasteiger partial charge in [0.1, 0.15) is 0 Å². The van der Waals surface area contributed by atoms with Crippen LogP contribution in [0.25, 0.3) is 0 Å². The molecule has 38 heavy (non-hydrogen) atoms. The Hall–Kier alpha value is -2.03. The first kappa shape index (κ1) is 27.5. The fraction of sp³-hybridized carbons (Fsp3) is 0.821. The highest BCUT2D eigenvalue weighted by atomic mass is 16.5. The molecule has 4 aliphatic heterocycles. The summed E-state index contributed by atoms with van der Waals surface area (Å²) in [5.41, 5.74) is 0.699. The third kappa shape index (κ3) is 7.33. The minimum atomic E-state index is -0.111. The SMILES string of the molecule is C[C@H](C[C@@H]1CC[C@H]([C@@H](C)C(=O)N2CCN(CC3CCCO3)CC2)O1)n1cc(C#CCN2CCOCC2)nn1. The van der Waals surface area contributed by atoms with Crippen LogP contribution in [0.2, 0.25) is 0 Å². The van der Waals surface area contributed by atoms with E-state index in [0.717, 1.165) is 97.9 Å². The van der Waals surface area contributed by atoms with Crippen LogP contribution in [0.4, 0.5) is 0 Å². The molecule has 1 amide bonds. The number of piperazine rings is 1. The molecule has 0 N–H and O–H groups in total. The zero-order valence-corrected chi connectivity index (χ0v) is 23.1. The fourth-order valence-electron chi connectivity index (χ4n) is 5.99. The molecule has 1 aromatic rings. The molecule has 10 nitrogen and oxygen atoms in total. The number of morpholine rings is 1. The van der Waals surface area contributed by atoms with Gasteiger partial charge in [0.15, 0.2) is 5.69 Å². The second-order valence-corrected chi connectivity index (χ2v) is 11.3. The minimum absolute atomic E-state index is 0.0121. The third-order valence-corrected chi connectivity index (χ3v) is 8.45. The summed E-state index contributed by atoms with van der Waals surface area (Å²) < 4.78 is 19.4. The first-order valence-corrected chi connectivity index (χ1v) is 14.5. The quantitative estimate of drug-likeness (QED) is 0.469. The second kappa shape index (κ2) is 13.4. The predicted molar refractivity (Wildman–Crippen MR) is 143 cm³/mol. The summed E-state index contributed by atoms with van der Waals surface area (Å²) in [6.45, 7) is 13.7. The first-order valence-electron chi connectivity index (χ1n) is 14.5. The Morgan fingerprint density at radius 3 is 2.61 bits per heavy atom. The van der Waals surface area contributed by atoms with Gasteiger partial charge in [-0.05, 0) is 44.9 Å². The summed E-state index contributed by atoms with van der Waals surface area (Å²) in [6.07, 6.45) is 7.51. The molecule has 10 heteroatoms. The van der Waals surface area contributed by atoms with Crippen LogP contribution >= 0.6 is 0 Å². The number of carbonyl (C=O) groups is 1. The summed E-state index contributed by atoms with van der Waals surface area (Å²) in [7, 11) is 0. The van der Waals surface area contributed by atoms with Crippen molar-refractivity contribution in [2.24, 2.45) is 5.92 Å². The van der Waals surface area contributed by atoms with E-state index in [1.807, 2.05) is 22.7 Å². The van der Waals surface area contributed by atoms with E-state index in [-0.39, 0.29) is 30.1 Å². The number of hydrogen-bond donors (Lipinski definition) is 0. The van der Waals surface area contributed by atoms with Gasteiger partial charge in [-0.3, -0.25) is 14.6 Å². The van der Waals surface area contributed by atoms with E-state index in [4.69, 9.17) is 14.2 Å². The van der Waals surface area contributed by atoms with E-state index in [1.165, 1.54) is 6.42 Å². The largest absolute Gasteiger partial charge is 0.379 e. The third-order valence-electron chi connectivity index (χ3n) is 8.45. The molecule has 0 saturated carbocycles. The second-order valence-electron chi connectivity index (χ2n) is 11.3. The molecule has 1 aromatic heterocycles. The molecule has 0 aliphatic carbocycles. The normalized spacial score (nSPS) is 28.7. The van der Waals surface area contributed by atoms with Crippen LogP contribution in [-0.2, 0) is 19.0 Å². The van der Waals surface area contributed by atoms with Gasteiger partial charge in [-0.2, -0.15) is 0 Å². The van der Waals surface area contributed by atoms with Crippen LogP contribution in [-0.4, -0.2) is 126 Å². The van der Waals surface area contributed by atoms with Gasteiger partial charge in [-0.25, -0.2) is 4.68 Å². The Labute approximate surface area is 226 Å². The molecule has 5 rings (SSSR count). The highest BCUT2D eigenvalue weighted by Crippen LogP contribution is 2.31. The van der Waals surface area contributed by atoms with Crippen molar-refractivity contribution in [3.05, 3.63) is 11.9 Å². The molecule has 4 saturated heterocycles. The van der Waals surface area contributed by atoms with Crippen molar-refractivity contribution in [3.8, 4) is 11.8 Å². The zero-order valence-electron chi connectivity index (χ0n) is 23.1. The van der Waals surface area contributed by atoms with Gasteiger partial charge in [-0.15, -0.1) is 5.10 Å². The average Bonchev–Trinajstić information content (AvgIpc) is 3.72. The molecule has 4 fully saturated rings. The summed E-state index contributed by atoms with van der Waals surface area (Å²) in [6, 6.07) is 0.156. The minimum Gasteiger partial charge on any atom is -0.379 e. The summed E-state index contributed by atoms with van der Waals surface area (Å²) >= 11 is 0. The van der Waals surface area contributed by atoms with E-state index >= 15 is 0 Å². The standard InChI is InChI=1S/C28H44N6O4/c1-22(34-20-24(29-30-34)5-3-9-31-14-17-36-18-15-31)19-25-7-8-27(38-25)23(2)28(35)33-12-10-32(11-13-33)21-26-6-4-16-37-26/h20,22-23,25-27H,4,6-19,21H2,1-2H3/t22-,23-,25+,26?,27-/m1/s1. The van der Waals surface area contributed by atoms with Gasteiger partial charge in [0.2, 0.25) is 5.91 Å². The number of hydrogen-bond acceptors (Lipinski definition) is 8. The Kier molecular flexibility index (Phi) is 9.68. The lowest BCUT2D eigenvalue weighted by atomic mass is 9.99. The van der Waals surface area contributed by atoms with Crippen molar-refractivity contribution in [1.82, 2.24) is 29.7 Å². The van der Waals surface area contributed by atoms with Crippen molar-refractivity contribution in [2.45, 2.75) is 70.3 Å². The Morgan fingerprint density at radius 2 is 1.84 bits per heavy atom. The number of aromatic nitrogens is 3. The van der Waals surface area contributed by atoms with E-state index in [2.05, 4.69) is 38.9 Å². The van der Waals surface area contributed by atoms with Crippen molar-refractivity contribution in [1.29, 1.82) is 0 Å². The lowest BCUT2D eigenvalue weighted by Gasteiger charge is -2.37. The Bertz CT molecular complexity index is 956. The lowest BCUT2D eigenvalue weighted by Crippen LogP contribution is -2.52. The van der Waals surface area contributed by atoms with Crippen molar-refractivity contribution < 1.29 is 19.0 Å². The van der Waals surface area contributed by atoms with E-state index in [1.54, 1.807) is 0 Å². The molecule has 5 heterocycles. The average molecular weight is 529 g/mol. The number of rotatable bonds is 8. The van der Waals surface area contributed by atoms with Gasteiger partial charge in [-0.1, -0.05) is 18.1 Å². The van der Waals surface area contributed by atoms with Gasteiger partial charge in [0.25, 0.3) is 0 Å². The number of amides is 1. The van der Waals surface area contributed by atoms with Crippen LogP contribution < -0.4 is 0 Å². The number of carbonyl (C=O) groups excluding carboxylic acids is 1. The van der Waals surface area contributed by atoms with Gasteiger partial charge >= 0.3 is 0 Å². The Balaban J connectivity index is 1.03. The van der Waals surface area contributed by atoms with E-state index in [9.17, 15) is 4.79 Å². The van der Waals surface area contributed by atoms with Crippen molar-refractivity contribution in [2.75, 3.05) is 72.2 Å². The monoisotopic (exact) mass is 528 g/mol. The van der Waals surface area contributed by atoms with Gasteiger partial charge in [0, 0.05) is 52.4 Å². The molecule has 0 spiro atoms. The number of ether oxygens (including phenoxy) is 3. The highest BCUT2D eigenvalue weighted by Gasteiger charge is 2.36. The maximum Gasteiger partial charge on any atom is 0.228 e. The van der Waals surface area contributed by atoms with Crippen molar-refractivity contribution >= 4 is 5.91 Å². The molecule has 0 aromatic carbocycles. The molecule has 210 valence electrons. The topological polar surface area (TPSA) is 85.2 Å². The van der Waals surface area contributed by atoms with E-state index < -0.39 is 0 Å². The molecule has 5 atom stereocenters. The van der Waals surface area contributed by atoms with Crippen LogP contribution in [0.1, 0.15) is 57.7 Å². The maximum absolute atomic E-state index is 13.2. The van der Waals surface area contributed by atoms with E-state index in [0.29, 0.717) is 11.8 Å². The Morgan fingerprint density at radius 1 is 1.03 bits per heavy atom. The molecule has 0 radical (unpaired) electrons. The first-order chi connectivity index (χ1) is 18.5. The maximum atomic E-state index is 13.2. The predicted octanol–water partition coefficient (Wildman–Crippen LogP) is 1.42. The zero-order chi connectivity index (χ0) is 26.3. The van der Waals surface area contributed by atoms with Crippen LogP contribution in [0.3, 0.4) is 0 Å². The molecular weight excluding hydrogens is 484 g/mol. The van der Waals surface area contributed by atoms with Crippen LogP contribution in [0, 0.1) is 17.8 Å². The fourth-order valence-corrected chi connectivity index (χ4v) is 5.99. The summed E-state index contributed by atoms with van der Waals surface area (Å²) in [4.78, 5) is 20.0. The van der Waals surface area contributed by atoms with Gasteiger partial charge < -0.3 is 19.1 Å². The molecule has 1 unspecified atom stereocenters. The van der Waals surface area contributed by atoms with Crippen LogP contribution in [0.5, 0.6) is 0 Å². The molecule has 0 bridgehead atoms. The number of nitrogens with zero attached hydrogens (tertiary/aromatic N) is 6. The molecule has 4 aliphatic rings. The smallest absolute Gasteiger partial charge is 0.228 e. The van der Waals surface area contributed by atoms with Crippen molar-refractivity contribution in [3.63, 3.8) is 0 Å².